The van der Waals surface area contributed by atoms with Crippen molar-refractivity contribution in [1.29, 1.82) is 0 Å². The molecule has 0 fully saturated rings. The van der Waals surface area contributed by atoms with Gasteiger partial charge in [0.05, 0.1) is 15.9 Å². The van der Waals surface area contributed by atoms with E-state index in [0.717, 1.165) is 22.9 Å². The molecule has 2 N–H and O–H groups in total. The molecule has 0 radical (unpaired) electrons. The molecule has 4 heteroatoms. The van der Waals surface area contributed by atoms with Gasteiger partial charge in [0.15, 0.2) is 0 Å². The molecule has 2 aromatic rings. The van der Waals surface area contributed by atoms with Gasteiger partial charge in [-0.15, -0.1) is 23.1 Å². The van der Waals surface area contributed by atoms with E-state index in [9.17, 15) is 0 Å². The normalized spacial score (nSPS) is 13.1. The van der Waals surface area contributed by atoms with Crippen molar-refractivity contribution in [2.75, 3.05) is 11.5 Å². The second-order valence-corrected chi connectivity index (χ2v) is 5.95. The van der Waals surface area contributed by atoms with Crippen LogP contribution in [0.15, 0.2) is 22.5 Å². The van der Waals surface area contributed by atoms with Crippen LogP contribution in [-0.2, 0) is 0 Å². The predicted octanol–water partition coefficient (Wildman–Crippen LogP) is 4.02. The molecule has 1 heterocycles. The van der Waals surface area contributed by atoms with Crippen LogP contribution in [0.5, 0.6) is 0 Å². The van der Waals surface area contributed by atoms with Crippen LogP contribution in [0.25, 0.3) is 10.2 Å². The molecule has 2 nitrogen and oxygen atoms in total. The number of nitrogens with two attached hydrogens (primary N) is 1. The van der Waals surface area contributed by atoms with Gasteiger partial charge in [-0.2, -0.15) is 0 Å². The van der Waals surface area contributed by atoms with Crippen LogP contribution in [0.4, 0.5) is 5.69 Å². The van der Waals surface area contributed by atoms with Gasteiger partial charge in [-0.1, -0.05) is 20.3 Å². The van der Waals surface area contributed by atoms with E-state index >= 15 is 0 Å². The Kier molecular flexibility index (Phi) is 3.71. The molecule has 0 aliphatic heterocycles. The van der Waals surface area contributed by atoms with E-state index in [1.165, 1.54) is 16.0 Å². The van der Waals surface area contributed by atoms with Crippen molar-refractivity contribution in [3.8, 4) is 0 Å². The number of hydrogen-bond donors (Lipinski definition) is 1. The predicted molar refractivity (Wildman–Crippen MR) is 74.2 cm³/mol. The van der Waals surface area contributed by atoms with E-state index < -0.39 is 0 Å². The zero-order valence-electron chi connectivity index (χ0n) is 9.56. The van der Waals surface area contributed by atoms with Gasteiger partial charge in [-0.05, 0) is 18.1 Å². The fraction of sp³-hybridized carbons (Fsp3) is 0.417. The number of hydrogen-bond acceptors (Lipinski definition) is 4. The number of fused-ring (bicyclic) bond motifs is 1. The van der Waals surface area contributed by atoms with Gasteiger partial charge >= 0.3 is 0 Å². The fourth-order valence-corrected chi connectivity index (χ4v) is 3.22. The zero-order valence-corrected chi connectivity index (χ0v) is 11.2. The Hall–Kier alpha value is -0.740. The van der Waals surface area contributed by atoms with Crippen LogP contribution in [0.3, 0.4) is 0 Å². The topological polar surface area (TPSA) is 38.9 Å². The highest BCUT2D eigenvalue weighted by Gasteiger charge is 2.08. The molecule has 0 bridgehead atoms. The number of nitrogens with zero attached hydrogens (tertiary/aromatic N) is 1. The summed E-state index contributed by atoms with van der Waals surface area (Å²) in [5, 5.41) is 0. The molecular formula is C12H16N2S2. The Morgan fingerprint density at radius 2 is 2.31 bits per heavy atom. The van der Waals surface area contributed by atoms with Crippen LogP contribution < -0.4 is 5.73 Å². The Morgan fingerprint density at radius 1 is 1.50 bits per heavy atom. The molecule has 0 saturated heterocycles. The molecule has 0 aliphatic rings. The summed E-state index contributed by atoms with van der Waals surface area (Å²) in [6.45, 7) is 4.49. The first kappa shape index (κ1) is 11.7. The third-order valence-corrected chi connectivity index (χ3v) is 4.92. The minimum atomic E-state index is 0.732. The minimum Gasteiger partial charge on any atom is -0.396 e. The lowest BCUT2D eigenvalue weighted by atomic mass is 10.2. The molecule has 2 rings (SSSR count). The molecule has 0 amide bonds. The van der Waals surface area contributed by atoms with Crippen LogP contribution in [0.1, 0.15) is 20.3 Å². The van der Waals surface area contributed by atoms with Crippen molar-refractivity contribution >= 4 is 39.0 Å². The fourth-order valence-electron chi connectivity index (χ4n) is 1.41. The second kappa shape index (κ2) is 5.06. The third-order valence-electron chi connectivity index (χ3n) is 2.72. The van der Waals surface area contributed by atoms with Crippen molar-refractivity contribution in [1.82, 2.24) is 4.98 Å². The first-order valence-corrected chi connectivity index (χ1v) is 7.33. The lowest BCUT2D eigenvalue weighted by Crippen LogP contribution is -1.97. The van der Waals surface area contributed by atoms with Gasteiger partial charge in [0.25, 0.3) is 0 Å². The maximum absolute atomic E-state index is 6.11. The van der Waals surface area contributed by atoms with E-state index in [-0.39, 0.29) is 0 Å². The minimum absolute atomic E-state index is 0.732. The maximum atomic E-state index is 6.11. The number of nitrogen functional groups attached to an aromatic ring is 1. The summed E-state index contributed by atoms with van der Waals surface area (Å²) < 4.78 is 1.17. The molecule has 1 aromatic heterocycles. The van der Waals surface area contributed by atoms with E-state index in [1.54, 1.807) is 11.3 Å². The number of rotatable bonds is 4. The van der Waals surface area contributed by atoms with Gasteiger partial charge in [0.2, 0.25) is 0 Å². The van der Waals surface area contributed by atoms with Crippen molar-refractivity contribution in [2.45, 2.75) is 25.2 Å². The lowest BCUT2D eigenvalue weighted by molar-refractivity contribution is 0.637. The SMILES string of the molecule is CCC(C)CSc1ccc2scnc2c1N. The standard InChI is InChI=1S/C12H16N2S2/c1-3-8(2)6-15-9-4-5-10-12(11(9)13)14-7-16-10/h4-5,7-8H,3,6,13H2,1-2H3. The summed E-state index contributed by atoms with van der Waals surface area (Å²) in [5.41, 5.74) is 9.76. The Balaban J connectivity index is 2.21. The van der Waals surface area contributed by atoms with E-state index in [0.29, 0.717) is 0 Å². The summed E-state index contributed by atoms with van der Waals surface area (Å²) in [5.74, 6) is 1.85. The van der Waals surface area contributed by atoms with Crippen LogP contribution in [0.2, 0.25) is 0 Å². The van der Waals surface area contributed by atoms with Crippen molar-refractivity contribution in [3.05, 3.63) is 17.6 Å². The average molecular weight is 252 g/mol. The highest BCUT2D eigenvalue weighted by Crippen LogP contribution is 2.33. The largest absolute Gasteiger partial charge is 0.396 e. The molecule has 86 valence electrons. The van der Waals surface area contributed by atoms with Crippen LogP contribution in [-0.4, -0.2) is 10.7 Å². The van der Waals surface area contributed by atoms with Gasteiger partial charge in [-0.25, -0.2) is 4.98 Å². The highest BCUT2D eigenvalue weighted by atomic mass is 32.2. The molecule has 1 unspecified atom stereocenters. The van der Waals surface area contributed by atoms with Crippen molar-refractivity contribution in [3.63, 3.8) is 0 Å². The molecular weight excluding hydrogens is 236 g/mol. The Morgan fingerprint density at radius 3 is 3.06 bits per heavy atom. The molecule has 0 saturated carbocycles. The molecule has 1 atom stereocenters. The molecule has 16 heavy (non-hydrogen) atoms. The highest BCUT2D eigenvalue weighted by molar-refractivity contribution is 7.99. The second-order valence-electron chi connectivity index (χ2n) is 4.00. The van der Waals surface area contributed by atoms with E-state index in [1.807, 2.05) is 17.3 Å². The summed E-state index contributed by atoms with van der Waals surface area (Å²) in [6.07, 6.45) is 1.21. The van der Waals surface area contributed by atoms with Gasteiger partial charge in [0, 0.05) is 10.6 Å². The summed E-state index contributed by atoms with van der Waals surface area (Å²) >= 11 is 3.48. The lowest BCUT2D eigenvalue weighted by Gasteiger charge is -2.09. The average Bonchev–Trinajstić information content (AvgIpc) is 2.76. The number of thiazole rings is 1. The van der Waals surface area contributed by atoms with Crippen LogP contribution >= 0.6 is 23.1 Å². The summed E-state index contributed by atoms with van der Waals surface area (Å²) in [4.78, 5) is 5.47. The zero-order chi connectivity index (χ0) is 11.5. The third kappa shape index (κ3) is 2.33. The van der Waals surface area contributed by atoms with Crippen molar-refractivity contribution < 1.29 is 0 Å². The molecule has 0 aliphatic carbocycles. The quantitative estimate of drug-likeness (QED) is 0.660. The number of aromatic nitrogens is 1. The Bertz CT molecular complexity index is 479. The molecule has 1 aromatic carbocycles. The number of benzene rings is 1. The van der Waals surface area contributed by atoms with Crippen molar-refractivity contribution in [2.24, 2.45) is 5.92 Å². The van der Waals surface area contributed by atoms with E-state index in [4.69, 9.17) is 5.73 Å². The van der Waals surface area contributed by atoms with Gasteiger partial charge in [0.1, 0.15) is 5.52 Å². The number of thioether (sulfide) groups is 1. The van der Waals surface area contributed by atoms with Gasteiger partial charge in [-0.3, -0.25) is 0 Å². The monoisotopic (exact) mass is 252 g/mol. The maximum Gasteiger partial charge on any atom is 0.105 e. The van der Waals surface area contributed by atoms with Crippen LogP contribution in [0, 0.1) is 5.92 Å². The number of anilines is 1. The van der Waals surface area contributed by atoms with E-state index in [2.05, 4.69) is 31.0 Å². The smallest absolute Gasteiger partial charge is 0.105 e. The first-order valence-electron chi connectivity index (χ1n) is 5.46. The Labute approximate surface area is 104 Å². The summed E-state index contributed by atoms with van der Waals surface area (Å²) in [6, 6.07) is 4.23. The van der Waals surface area contributed by atoms with Gasteiger partial charge < -0.3 is 5.73 Å². The first-order chi connectivity index (χ1) is 7.72. The summed E-state index contributed by atoms with van der Waals surface area (Å²) in [7, 11) is 0. The molecule has 0 spiro atoms.